The van der Waals surface area contributed by atoms with Crippen molar-refractivity contribution in [3.63, 3.8) is 0 Å². The average molecular weight is 256 g/mol. The van der Waals surface area contributed by atoms with Crippen LogP contribution in [0.3, 0.4) is 0 Å². The number of benzene rings is 1. The molecule has 3 atom stereocenters. The van der Waals surface area contributed by atoms with Crippen molar-refractivity contribution >= 4 is 0 Å². The first-order valence-corrected chi connectivity index (χ1v) is 6.73. The van der Waals surface area contributed by atoms with Crippen molar-refractivity contribution in [1.82, 2.24) is 9.55 Å². The third-order valence-electron chi connectivity index (χ3n) is 4.31. The molecule has 19 heavy (non-hydrogen) atoms. The predicted octanol–water partition coefficient (Wildman–Crippen LogP) is 1.85. The Morgan fingerprint density at radius 2 is 2.21 bits per heavy atom. The number of rotatable bonds is 1. The van der Waals surface area contributed by atoms with Crippen molar-refractivity contribution in [1.29, 1.82) is 0 Å². The van der Waals surface area contributed by atoms with Gasteiger partial charge in [0.1, 0.15) is 0 Å². The van der Waals surface area contributed by atoms with Gasteiger partial charge >= 0.3 is 0 Å². The van der Waals surface area contributed by atoms with E-state index < -0.39 is 6.10 Å². The Kier molecular flexibility index (Phi) is 2.47. The molecule has 0 bridgehead atoms. The van der Waals surface area contributed by atoms with E-state index in [9.17, 15) is 5.11 Å². The number of hydrogen-bond donors (Lipinski definition) is 1. The fourth-order valence-electron chi connectivity index (χ4n) is 3.42. The molecule has 0 amide bonds. The second kappa shape index (κ2) is 4.18. The number of ether oxygens (including phenoxy) is 1. The van der Waals surface area contributed by atoms with E-state index in [1.54, 1.807) is 0 Å². The average Bonchev–Trinajstić information content (AvgIpc) is 3.00. The lowest BCUT2D eigenvalue weighted by atomic mass is 9.85. The van der Waals surface area contributed by atoms with Crippen molar-refractivity contribution in [2.75, 3.05) is 13.2 Å². The van der Waals surface area contributed by atoms with E-state index in [0.717, 1.165) is 18.7 Å². The van der Waals surface area contributed by atoms with Crippen LogP contribution in [-0.4, -0.2) is 34.0 Å². The van der Waals surface area contributed by atoms with Crippen LogP contribution in [0.2, 0.25) is 0 Å². The van der Waals surface area contributed by atoms with Crippen LogP contribution < -0.4 is 0 Å². The van der Waals surface area contributed by atoms with Gasteiger partial charge in [-0.2, -0.15) is 0 Å². The summed E-state index contributed by atoms with van der Waals surface area (Å²) in [6.07, 6.45) is 4.27. The molecule has 2 aliphatic heterocycles. The Bertz CT molecular complexity index is 608. The summed E-state index contributed by atoms with van der Waals surface area (Å²) in [6.45, 7) is 1.16. The minimum absolute atomic E-state index is 0.188. The summed E-state index contributed by atoms with van der Waals surface area (Å²) >= 11 is 0. The Morgan fingerprint density at radius 3 is 3.11 bits per heavy atom. The van der Waals surface area contributed by atoms with Crippen molar-refractivity contribution in [2.45, 2.75) is 18.6 Å². The van der Waals surface area contributed by atoms with E-state index in [1.807, 2.05) is 12.5 Å². The number of imidazole rings is 1. The van der Waals surface area contributed by atoms with Crippen LogP contribution in [0.15, 0.2) is 36.8 Å². The van der Waals surface area contributed by atoms with E-state index in [1.165, 1.54) is 11.1 Å². The smallest absolute Gasteiger partial charge is 0.0956 e. The summed E-state index contributed by atoms with van der Waals surface area (Å²) in [4.78, 5) is 4.26. The Hall–Kier alpha value is -1.65. The Labute approximate surface area is 111 Å². The first-order chi connectivity index (χ1) is 9.36. The summed E-state index contributed by atoms with van der Waals surface area (Å²) in [5, 5.41) is 10.3. The highest BCUT2D eigenvalue weighted by molar-refractivity contribution is 5.69. The summed E-state index contributed by atoms with van der Waals surface area (Å²) in [5.74, 6) is 0.199. The third-order valence-corrected chi connectivity index (χ3v) is 4.31. The molecule has 98 valence electrons. The molecule has 1 aromatic heterocycles. The summed E-state index contributed by atoms with van der Waals surface area (Å²) in [6, 6.07) is 8.60. The van der Waals surface area contributed by atoms with Gasteiger partial charge in [0, 0.05) is 18.1 Å². The van der Waals surface area contributed by atoms with Crippen molar-refractivity contribution in [3.8, 4) is 11.3 Å². The fraction of sp³-hybridized carbons (Fsp3) is 0.400. The van der Waals surface area contributed by atoms with Crippen molar-refractivity contribution in [3.05, 3.63) is 42.4 Å². The van der Waals surface area contributed by atoms with E-state index in [2.05, 4.69) is 33.8 Å². The number of aliphatic hydroxyl groups is 1. The summed E-state index contributed by atoms with van der Waals surface area (Å²) in [5.41, 5.74) is 3.69. The third kappa shape index (κ3) is 1.57. The zero-order chi connectivity index (χ0) is 12.8. The molecular formula is C15H16N2O2. The lowest BCUT2D eigenvalue weighted by molar-refractivity contribution is -0.0540. The van der Waals surface area contributed by atoms with Gasteiger partial charge < -0.3 is 14.4 Å². The summed E-state index contributed by atoms with van der Waals surface area (Å²) < 4.78 is 7.55. The number of hydrogen-bond acceptors (Lipinski definition) is 3. The largest absolute Gasteiger partial charge is 0.390 e. The van der Waals surface area contributed by atoms with Gasteiger partial charge in [-0.15, -0.1) is 0 Å². The van der Waals surface area contributed by atoms with Crippen LogP contribution in [0.4, 0.5) is 0 Å². The first kappa shape index (κ1) is 11.2. The second-order valence-electron chi connectivity index (χ2n) is 5.31. The molecule has 4 heteroatoms. The van der Waals surface area contributed by atoms with Crippen LogP contribution in [-0.2, 0) is 4.74 Å². The van der Waals surface area contributed by atoms with E-state index >= 15 is 0 Å². The van der Waals surface area contributed by atoms with Crippen LogP contribution in [0, 0.1) is 5.92 Å². The zero-order valence-corrected chi connectivity index (χ0v) is 10.6. The van der Waals surface area contributed by atoms with Gasteiger partial charge in [-0.3, -0.25) is 0 Å². The van der Waals surface area contributed by atoms with Gasteiger partial charge in [0.2, 0.25) is 0 Å². The molecule has 1 aromatic carbocycles. The minimum atomic E-state index is -0.403. The lowest BCUT2D eigenvalue weighted by Crippen LogP contribution is -2.37. The molecule has 0 saturated carbocycles. The SMILES string of the molecule is O[C@@H]1COCC[C@H]1[C@@H]1c2ccccc2-c2cncn21. The highest BCUT2D eigenvalue weighted by atomic mass is 16.5. The maximum Gasteiger partial charge on any atom is 0.0956 e. The molecular weight excluding hydrogens is 240 g/mol. The Balaban J connectivity index is 1.84. The minimum Gasteiger partial charge on any atom is -0.390 e. The van der Waals surface area contributed by atoms with Gasteiger partial charge in [0.15, 0.2) is 0 Å². The zero-order valence-electron chi connectivity index (χ0n) is 10.6. The number of fused-ring (bicyclic) bond motifs is 3. The number of nitrogens with zero attached hydrogens (tertiary/aromatic N) is 2. The summed E-state index contributed by atoms with van der Waals surface area (Å²) in [7, 11) is 0. The van der Waals surface area contributed by atoms with Crippen LogP contribution in [0.25, 0.3) is 11.3 Å². The molecule has 1 N–H and O–H groups in total. The Morgan fingerprint density at radius 1 is 1.32 bits per heavy atom. The molecule has 1 saturated heterocycles. The highest BCUT2D eigenvalue weighted by Crippen LogP contribution is 2.45. The molecule has 1 fully saturated rings. The monoisotopic (exact) mass is 256 g/mol. The molecule has 2 aliphatic rings. The maximum absolute atomic E-state index is 10.3. The maximum atomic E-state index is 10.3. The first-order valence-electron chi connectivity index (χ1n) is 6.73. The van der Waals surface area contributed by atoms with Gasteiger partial charge in [-0.1, -0.05) is 24.3 Å². The van der Waals surface area contributed by atoms with Gasteiger partial charge in [0.25, 0.3) is 0 Å². The molecule has 0 unspecified atom stereocenters. The molecule has 4 nitrogen and oxygen atoms in total. The van der Waals surface area contributed by atoms with Crippen LogP contribution in [0.1, 0.15) is 18.0 Å². The van der Waals surface area contributed by atoms with Crippen molar-refractivity contribution in [2.24, 2.45) is 5.92 Å². The quantitative estimate of drug-likeness (QED) is 0.847. The standard InChI is InChI=1S/C15H16N2O2/c18-14-8-19-6-5-12(14)15-11-4-2-1-3-10(11)13-7-16-9-17(13)15/h1-4,7,9,12,14-15,18H,5-6,8H2/t12-,14-,15+/m1/s1. The van der Waals surface area contributed by atoms with Gasteiger partial charge in [0.05, 0.1) is 37.0 Å². The number of aliphatic hydroxyl groups excluding tert-OH is 1. The van der Waals surface area contributed by atoms with Gasteiger partial charge in [-0.05, 0) is 12.0 Å². The topological polar surface area (TPSA) is 47.3 Å². The second-order valence-corrected chi connectivity index (χ2v) is 5.31. The molecule has 3 heterocycles. The molecule has 4 rings (SSSR count). The molecule has 0 radical (unpaired) electrons. The van der Waals surface area contributed by atoms with Crippen molar-refractivity contribution < 1.29 is 9.84 Å². The predicted molar refractivity (Wildman–Crippen MR) is 70.7 cm³/mol. The van der Waals surface area contributed by atoms with E-state index in [4.69, 9.17) is 4.74 Å². The normalized spacial score (nSPS) is 29.0. The van der Waals surface area contributed by atoms with E-state index in [-0.39, 0.29) is 12.0 Å². The molecule has 0 aliphatic carbocycles. The van der Waals surface area contributed by atoms with Gasteiger partial charge in [-0.25, -0.2) is 4.98 Å². The van der Waals surface area contributed by atoms with E-state index in [0.29, 0.717) is 6.61 Å². The molecule has 0 spiro atoms. The number of aromatic nitrogens is 2. The van der Waals surface area contributed by atoms with Crippen LogP contribution >= 0.6 is 0 Å². The van der Waals surface area contributed by atoms with Crippen LogP contribution in [0.5, 0.6) is 0 Å². The fourth-order valence-corrected chi connectivity index (χ4v) is 3.42. The highest BCUT2D eigenvalue weighted by Gasteiger charge is 2.38. The molecule has 2 aromatic rings. The lowest BCUT2D eigenvalue weighted by Gasteiger charge is -2.33.